The van der Waals surface area contributed by atoms with Gasteiger partial charge in [-0.25, -0.2) is 4.79 Å². The molecule has 0 saturated carbocycles. The number of hydrogen-bond donors (Lipinski definition) is 1. The summed E-state index contributed by atoms with van der Waals surface area (Å²) in [7, 11) is 0. The van der Waals surface area contributed by atoms with Crippen LogP contribution in [0.4, 0.5) is 10.5 Å². The number of amides is 1. The van der Waals surface area contributed by atoms with E-state index >= 15 is 0 Å². The second kappa shape index (κ2) is 7.26. The summed E-state index contributed by atoms with van der Waals surface area (Å²) in [6.07, 6.45) is -0.517. The fourth-order valence-corrected chi connectivity index (χ4v) is 2.85. The van der Waals surface area contributed by atoms with Gasteiger partial charge in [-0.15, -0.1) is 0 Å². The quantitative estimate of drug-likeness (QED) is 0.683. The van der Waals surface area contributed by atoms with Gasteiger partial charge in [-0.2, -0.15) is 0 Å². The van der Waals surface area contributed by atoms with Crippen LogP contribution in [0.25, 0.3) is 21.7 Å². The van der Waals surface area contributed by atoms with Crippen molar-refractivity contribution in [3.05, 3.63) is 36.0 Å². The van der Waals surface area contributed by atoms with E-state index in [-0.39, 0.29) is 12.4 Å². The summed E-state index contributed by atoms with van der Waals surface area (Å²) in [4.78, 5) is 24.0. The van der Waals surface area contributed by atoms with Crippen LogP contribution < -0.4 is 5.32 Å². The number of hydrogen-bond acceptors (Lipinski definition) is 6. The van der Waals surface area contributed by atoms with Crippen LogP contribution in [0.2, 0.25) is 0 Å². The minimum atomic E-state index is -0.594. The van der Waals surface area contributed by atoms with Crippen molar-refractivity contribution in [2.75, 3.05) is 11.9 Å². The van der Waals surface area contributed by atoms with E-state index in [9.17, 15) is 9.59 Å². The van der Waals surface area contributed by atoms with Crippen LogP contribution in [0.3, 0.4) is 0 Å². The van der Waals surface area contributed by atoms with E-state index in [4.69, 9.17) is 14.0 Å². The lowest BCUT2D eigenvalue weighted by Gasteiger charge is -2.20. The number of nitrogens with zero attached hydrogens (tertiary/aromatic N) is 1. The van der Waals surface area contributed by atoms with Crippen molar-refractivity contribution in [2.24, 2.45) is 0 Å². The summed E-state index contributed by atoms with van der Waals surface area (Å²) in [6, 6.07) is 9.10. The minimum absolute atomic E-state index is 0.0175. The maximum Gasteiger partial charge on any atom is 0.412 e. The Kier molecular flexibility index (Phi) is 5.03. The zero-order valence-corrected chi connectivity index (χ0v) is 15.8. The average Bonchev–Trinajstić information content (AvgIpc) is 2.97. The summed E-state index contributed by atoms with van der Waals surface area (Å²) in [5.41, 5.74) is 1.08. The molecule has 3 rings (SSSR count). The van der Waals surface area contributed by atoms with E-state index in [0.717, 1.165) is 16.2 Å². The van der Waals surface area contributed by atoms with Crippen molar-refractivity contribution in [3.8, 4) is 0 Å². The van der Waals surface area contributed by atoms with Gasteiger partial charge in [0.05, 0.1) is 24.1 Å². The monoisotopic (exact) mass is 370 g/mol. The highest BCUT2D eigenvalue weighted by atomic mass is 16.6. The summed E-state index contributed by atoms with van der Waals surface area (Å²) < 4.78 is 15.7. The number of benzene rings is 2. The second-order valence-electron chi connectivity index (χ2n) is 7.08. The molecule has 142 valence electrons. The van der Waals surface area contributed by atoms with E-state index in [1.54, 1.807) is 39.8 Å². The van der Waals surface area contributed by atoms with E-state index in [1.165, 1.54) is 0 Å². The normalized spacial score (nSPS) is 11.6. The highest BCUT2D eigenvalue weighted by Gasteiger charge is 2.19. The largest absolute Gasteiger partial charge is 0.466 e. The molecule has 0 aliphatic carbocycles. The Labute approximate surface area is 156 Å². The van der Waals surface area contributed by atoms with Crippen molar-refractivity contribution in [3.63, 3.8) is 0 Å². The molecule has 7 heteroatoms. The van der Waals surface area contributed by atoms with Gasteiger partial charge in [0, 0.05) is 5.39 Å². The SMILES string of the molecule is CCOC(=O)Cc1noc2ccc3c(NC(=O)OC(C)(C)C)cccc3c12. The predicted molar refractivity (Wildman–Crippen MR) is 102 cm³/mol. The Hall–Kier alpha value is -3.09. The van der Waals surface area contributed by atoms with Crippen molar-refractivity contribution in [1.82, 2.24) is 5.16 Å². The number of fused-ring (bicyclic) bond motifs is 3. The Morgan fingerprint density at radius 2 is 1.93 bits per heavy atom. The summed E-state index contributed by atoms with van der Waals surface area (Å²) in [5.74, 6) is -0.368. The molecule has 0 spiro atoms. The van der Waals surface area contributed by atoms with E-state index < -0.39 is 11.7 Å². The van der Waals surface area contributed by atoms with Gasteiger partial charge in [0.2, 0.25) is 0 Å². The average molecular weight is 370 g/mol. The molecule has 1 aromatic heterocycles. The molecule has 0 aliphatic rings. The Balaban J connectivity index is 2.01. The van der Waals surface area contributed by atoms with Crippen LogP contribution >= 0.6 is 0 Å². The first kappa shape index (κ1) is 18.7. The minimum Gasteiger partial charge on any atom is -0.466 e. The number of esters is 1. The van der Waals surface area contributed by atoms with E-state index in [1.807, 2.05) is 18.2 Å². The molecule has 0 unspecified atom stereocenters. The van der Waals surface area contributed by atoms with Crippen LogP contribution in [-0.2, 0) is 20.7 Å². The molecule has 0 fully saturated rings. The molecule has 0 aliphatic heterocycles. The van der Waals surface area contributed by atoms with Gasteiger partial charge in [0.15, 0.2) is 5.58 Å². The molecule has 0 radical (unpaired) electrons. The number of rotatable bonds is 4. The lowest BCUT2D eigenvalue weighted by molar-refractivity contribution is -0.142. The molecule has 7 nitrogen and oxygen atoms in total. The van der Waals surface area contributed by atoms with Crippen LogP contribution in [0.15, 0.2) is 34.9 Å². The second-order valence-corrected chi connectivity index (χ2v) is 7.08. The number of anilines is 1. The first-order chi connectivity index (χ1) is 12.8. The van der Waals surface area contributed by atoms with Gasteiger partial charge in [0.25, 0.3) is 0 Å². The van der Waals surface area contributed by atoms with Gasteiger partial charge >= 0.3 is 12.1 Å². The van der Waals surface area contributed by atoms with Gasteiger partial charge in [-0.1, -0.05) is 17.3 Å². The fraction of sp³-hybridized carbons (Fsp3) is 0.350. The molecule has 0 atom stereocenters. The number of nitrogens with one attached hydrogen (secondary N) is 1. The third kappa shape index (κ3) is 4.19. The highest BCUT2D eigenvalue weighted by Crippen LogP contribution is 2.33. The molecule has 27 heavy (non-hydrogen) atoms. The maximum atomic E-state index is 12.1. The Bertz CT molecular complexity index is 1000. The maximum absolute atomic E-state index is 12.1. The lowest BCUT2D eigenvalue weighted by Crippen LogP contribution is -2.27. The molecule has 0 bridgehead atoms. The summed E-state index contributed by atoms with van der Waals surface area (Å²) >= 11 is 0. The molecule has 2 aromatic carbocycles. The zero-order chi connectivity index (χ0) is 19.6. The van der Waals surface area contributed by atoms with Gasteiger partial charge in [0.1, 0.15) is 11.3 Å². The topological polar surface area (TPSA) is 90.7 Å². The van der Waals surface area contributed by atoms with Crippen LogP contribution in [0.5, 0.6) is 0 Å². The molecule has 0 saturated heterocycles. The Morgan fingerprint density at radius 1 is 1.15 bits per heavy atom. The van der Waals surface area contributed by atoms with Crippen molar-refractivity contribution in [1.29, 1.82) is 0 Å². The van der Waals surface area contributed by atoms with Crippen LogP contribution in [-0.4, -0.2) is 29.4 Å². The van der Waals surface area contributed by atoms with Crippen molar-refractivity contribution < 1.29 is 23.6 Å². The number of aromatic nitrogens is 1. The summed E-state index contributed by atoms with van der Waals surface area (Å²) in [5, 5.41) is 9.14. The molecule has 1 N–H and O–H groups in total. The van der Waals surface area contributed by atoms with Crippen LogP contribution in [0.1, 0.15) is 33.4 Å². The fourth-order valence-electron chi connectivity index (χ4n) is 2.85. The van der Waals surface area contributed by atoms with E-state index in [0.29, 0.717) is 23.6 Å². The van der Waals surface area contributed by atoms with Crippen molar-refractivity contribution >= 4 is 39.5 Å². The zero-order valence-electron chi connectivity index (χ0n) is 15.8. The number of carbonyl (C=O) groups excluding carboxylic acids is 2. The molecule has 1 amide bonds. The predicted octanol–water partition coefficient (Wildman–Crippen LogP) is 4.43. The van der Waals surface area contributed by atoms with Gasteiger partial charge in [-0.05, 0) is 51.3 Å². The number of ether oxygens (including phenoxy) is 2. The van der Waals surface area contributed by atoms with Crippen LogP contribution in [0, 0.1) is 0 Å². The van der Waals surface area contributed by atoms with Gasteiger partial charge < -0.3 is 14.0 Å². The van der Waals surface area contributed by atoms with Crippen molar-refractivity contribution in [2.45, 2.75) is 39.7 Å². The van der Waals surface area contributed by atoms with E-state index in [2.05, 4.69) is 10.5 Å². The summed E-state index contributed by atoms with van der Waals surface area (Å²) in [6.45, 7) is 7.47. The highest BCUT2D eigenvalue weighted by molar-refractivity contribution is 6.13. The molecular weight excluding hydrogens is 348 g/mol. The molecular formula is C20H22N2O5. The first-order valence-corrected chi connectivity index (χ1v) is 8.74. The van der Waals surface area contributed by atoms with Gasteiger partial charge in [-0.3, -0.25) is 10.1 Å². The standard InChI is InChI=1S/C20H22N2O5/c1-5-25-17(23)11-15-18-13-7-6-8-14(21-19(24)26-20(2,3)4)12(13)9-10-16(18)27-22-15/h6-10H,5,11H2,1-4H3,(H,21,24). The molecule has 1 heterocycles. The molecule has 3 aromatic rings. The third-order valence-electron chi connectivity index (χ3n) is 3.82. The third-order valence-corrected chi connectivity index (χ3v) is 3.82. The number of carbonyl (C=O) groups is 2. The Morgan fingerprint density at radius 3 is 2.63 bits per heavy atom. The smallest absolute Gasteiger partial charge is 0.412 e. The lowest BCUT2D eigenvalue weighted by atomic mass is 10.0. The first-order valence-electron chi connectivity index (χ1n) is 8.74.